The fraction of sp³-hybridized carbons (Fsp3) is 0.727. The van der Waals surface area contributed by atoms with E-state index in [1.165, 1.54) is 0 Å². The molecule has 0 bridgehead atoms. The van der Waals surface area contributed by atoms with Crippen LogP contribution in [-0.4, -0.2) is 42.7 Å². The highest BCUT2D eigenvalue weighted by Gasteiger charge is 2.29. The van der Waals surface area contributed by atoms with Crippen molar-refractivity contribution in [3.63, 3.8) is 0 Å². The van der Waals surface area contributed by atoms with Gasteiger partial charge in [0.1, 0.15) is 12.4 Å². The van der Waals surface area contributed by atoms with Crippen LogP contribution in [0.4, 0.5) is 0 Å². The van der Waals surface area contributed by atoms with Crippen molar-refractivity contribution in [1.29, 1.82) is 0 Å². The van der Waals surface area contributed by atoms with Crippen LogP contribution in [0.25, 0.3) is 0 Å². The summed E-state index contributed by atoms with van der Waals surface area (Å²) in [6, 6.07) is 0.807. The molecule has 0 aromatic rings. The first-order valence-electron chi connectivity index (χ1n) is 5.55. The van der Waals surface area contributed by atoms with Crippen LogP contribution >= 0.6 is 0 Å². The number of ether oxygens (including phenoxy) is 1. The Morgan fingerprint density at radius 1 is 1.31 bits per heavy atom. The van der Waals surface area contributed by atoms with Gasteiger partial charge in [-0.15, -0.1) is 0 Å². The molecule has 0 spiro atoms. The molecular weight excluding hydrogens is 204 g/mol. The van der Waals surface area contributed by atoms with Crippen molar-refractivity contribution in [2.24, 2.45) is 21.1 Å². The number of hydrogen-bond donors (Lipinski definition) is 0. The quantitative estimate of drug-likeness (QED) is 0.541. The molecule has 5 nitrogen and oxygen atoms in total. The Hall–Kier alpha value is -1.39. The predicted octanol–water partition coefficient (Wildman–Crippen LogP) is 1.75. The van der Waals surface area contributed by atoms with E-state index in [1.54, 1.807) is 13.3 Å². The van der Waals surface area contributed by atoms with Crippen LogP contribution in [-0.2, 0) is 4.74 Å². The molecule has 1 aliphatic rings. The average molecular weight is 224 g/mol. The monoisotopic (exact) mass is 224 g/mol. The maximum Gasteiger partial charge on any atom is 0.317 e. The van der Waals surface area contributed by atoms with E-state index < -0.39 is 0 Å². The maximum absolute atomic E-state index is 5.44. The highest BCUT2D eigenvalue weighted by Crippen LogP contribution is 2.11. The third kappa shape index (κ3) is 3.05. The first-order valence-corrected chi connectivity index (χ1v) is 5.55. The SMILES string of the molecule is CN=C1CO/C(=N\N=C\C(C)C)N1C(C)C. The van der Waals surface area contributed by atoms with Gasteiger partial charge in [0, 0.05) is 19.3 Å². The van der Waals surface area contributed by atoms with Crippen LogP contribution in [0, 0.1) is 5.92 Å². The molecule has 0 N–H and O–H groups in total. The molecule has 0 aromatic carbocycles. The molecule has 1 saturated heterocycles. The van der Waals surface area contributed by atoms with E-state index in [4.69, 9.17) is 4.74 Å². The van der Waals surface area contributed by atoms with E-state index >= 15 is 0 Å². The van der Waals surface area contributed by atoms with E-state index in [2.05, 4.69) is 42.9 Å². The van der Waals surface area contributed by atoms with Crippen molar-refractivity contribution in [3.05, 3.63) is 0 Å². The van der Waals surface area contributed by atoms with E-state index in [0.29, 0.717) is 18.5 Å². The van der Waals surface area contributed by atoms with Gasteiger partial charge in [-0.05, 0) is 19.8 Å². The normalized spacial score (nSPS) is 22.1. The summed E-state index contributed by atoms with van der Waals surface area (Å²) >= 11 is 0. The van der Waals surface area contributed by atoms with Crippen molar-refractivity contribution in [1.82, 2.24) is 4.90 Å². The molecule has 0 aromatic heterocycles. The minimum Gasteiger partial charge on any atom is -0.455 e. The number of rotatable bonds is 3. The second kappa shape index (κ2) is 5.63. The second-order valence-electron chi connectivity index (χ2n) is 4.28. The van der Waals surface area contributed by atoms with E-state index in [-0.39, 0.29) is 6.04 Å². The van der Waals surface area contributed by atoms with Crippen molar-refractivity contribution < 1.29 is 4.74 Å². The Morgan fingerprint density at radius 2 is 2.00 bits per heavy atom. The average Bonchev–Trinajstić information content (AvgIpc) is 2.60. The maximum atomic E-state index is 5.44. The molecule has 1 fully saturated rings. The lowest BCUT2D eigenvalue weighted by molar-refractivity contribution is 0.347. The third-order valence-corrected chi connectivity index (χ3v) is 2.10. The number of aliphatic imine (C=N–C) groups is 1. The van der Waals surface area contributed by atoms with Gasteiger partial charge in [0.15, 0.2) is 0 Å². The molecule has 0 unspecified atom stereocenters. The van der Waals surface area contributed by atoms with E-state index in [9.17, 15) is 0 Å². The summed E-state index contributed by atoms with van der Waals surface area (Å²) in [5.74, 6) is 1.28. The standard InChI is InChI=1S/C11H20N4O/c1-8(2)6-13-14-11-15(9(3)4)10(12-5)7-16-11/h6,8-9H,7H2,1-5H3/b12-10?,13-6+,14-11-. The smallest absolute Gasteiger partial charge is 0.317 e. The lowest BCUT2D eigenvalue weighted by atomic mass is 10.3. The minimum atomic E-state index is 0.272. The van der Waals surface area contributed by atoms with Crippen molar-refractivity contribution in [2.45, 2.75) is 33.7 Å². The molecule has 0 radical (unpaired) electrons. The lowest BCUT2D eigenvalue weighted by Gasteiger charge is -2.19. The lowest BCUT2D eigenvalue weighted by Crippen LogP contribution is -2.36. The van der Waals surface area contributed by atoms with Crippen LogP contribution < -0.4 is 0 Å². The van der Waals surface area contributed by atoms with Crippen molar-refractivity contribution in [2.75, 3.05) is 13.7 Å². The topological polar surface area (TPSA) is 49.6 Å². The highest BCUT2D eigenvalue weighted by molar-refractivity contribution is 6.03. The van der Waals surface area contributed by atoms with Gasteiger partial charge < -0.3 is 4.74 Å². The van der Waals surface area contributed by atoms with Crippen LogP contribution in [0.1, 0.15) is 27.7 Å². The molecule has 0 saturated carbocycles. The molecule has 5 heteroatoms. The fourth-order valence-corrected chi connectivity index (χ4v) is 1.36. The zero-order valence-corrected chi connectivity index (χ0v) is 10.6. The third-order valence-electron chi connectivity index (χ3n) is 2.10. The summed E-state index contributed by atoms with van der Waals surface area (Å²) in [5.41, 5.74) is 0. The van der Waals surface area contributed by atoms with Crippen molar-refractivity contribution in [3.8, 4) is 0 Å². The Morgan fingerprint density at radius 3 is 2.50 bits per heavy atom. The summed E-state index contributed by atoms with van der Waals surface area (Å²) in [4.78, 5) is 6.12. The van der Waals surface area contributed by atoms with Gasteiger partial charge >= 0.3 is 6.02 Å². The number of hydrogen-bond acceptors (Lipinski definition) is 4. The summed E-state index contributed by atoms with van der Waals surface area (Å²) in [7, 11) is 1.76. The highest BCUT2D eigenvalue weighted by atomic mass is 16.5. The number of amidine groups is 2. The molecule has 90 valence electrons. The largest absolute Gasteiger partial charge is 0.455 e. The fourth-order valence-electron chi connectivity index (χ4n) is 1.36. The Balaban J connectivity index is 2.81. The molecular formula is C11H20N4O. The van der Waals surface area contributed by atoms with E-state index in [1.807, 2.05) is 4.90 Å². The van der Waals surface area contributed by atoms with E-state index in [0.717, 1.165) is 5.84 Å². The first kappa shape index (κ1) is 12.7. The number of nitrogens with zero attached hydrogens (tertiary/aromatic N) is 4. The Bertz CT molecular complexity index is 318. The summed E-state index contributed by atoms with van der Waals surface area (Å²) < 4.78 is 5.44. The van der Waals surface area contributed by atoms with Gasteiger partial charge in [-0.1, -0.05) is 18.9 Å². The molecule has 0 aliphatic carbocycles. The molecule has 0 atom stereocenters. The van der Waals surface area contributed by atoms with Crippen LogP contribution in [0.5, 0.6) is 0 Å². The van der Waals surface area contributed by atoms with Crippen molar-refractivity contribution >= 4 is 18.1 Å². The summed E-state index contributed by atoms with van der Waals surface area (Å²) in [6.07, 6.45) is 1.79. The van der Waals surface area contributed by atoms with Gasteiger partial charge in [-0.3, -0.25) is 9.89 Å². The van der Waals surface area contributed by atoms with Gasteiger partial charge in [0.05, 0.1) is 0 Å². The van der Waals surface area contributed by atoms with Gasteiger partial charge in [0.25, 0.3) is 0 Å². The van der Waals surface area contributed by atoms with Gasteiger partial charge in [-0.25, -0.2) is 0 Å². The predicted molar refractivity (Wildman–Crippen MR) is 67.1 cm³/mol. The van der Waals surface area contributed by atoms with Gasteiger partial charge in [0.2, 0.25) is 0 Å². The molecule has 1 aliphatic heterocycles. The van der Waals surface area contributed by atoms with Gasteiger partial charge in [-0.2, -0.15) is 5.10 Å². The molecule has 1 rings (SSSR count). The minimum absolute atomic E-state index is 0.272. The van der Waals surface area contributed by atoms with Crippen LogP contribution in [0.3, 0.4) is 0 Å². The molecule has 1 heterocycles. The Labute approximate surface area is 96.9 Å². The Kier molecular flexibility index (Phi) is 4.46. The zero-order valence-electron chi connectivity index (χ0n) is 10.6. The van der Waals surface area contributed by atoms with Crippen LogP contribution in [0.2, 0.25) is 0 Å². The summed E-state index contributed by atoms with van der Waals surface area (Å²) in [5, 5.41) is 8.07. The molecule has 0 amide bonds. The first-order chi connectivity index (χ1) is 7.56. The second-order valence-corrected chi connectivity index (χ2v) is 4.28. The van der Waals surface area contributed by atoms with Crippen LogP contribution in [0.15, 0.2) is 15.2 Å². The molecule has 16 heavy (non-hydrogen) atoms. The summed E-state index contributed by atoms with van der Waals surface area (Å²) in [6.45, 7) is 8.73. The zero-order chi connectivity index (χ0) is 12.1.